The van der Waals surface area contributed by atoms with Crippen LogP contribution in [0.25, 0.3) is 0 Å². The van der Waals surface area contributed by atoms with Crippen molar-refractivity contribution >= 4 is 23.2 Å². The van der Waals surface area contributed by atoms with Crippen molar-refractivity contribution in [2.45, 2.75) is 26.2 Å². The number of benzene rings is 1. The summed E-state index contributed by atoms with van der Waals surface area (Å²) in [4.78, 5) is 0. The maximum Gasteiger partial charge on any atom is 0.128 e. The van der Waals surface area contributed by atoms with E-state index in [0.717, 1.165) is 0 Å². The first-order chi connectivity index (χ1) is 5.82. The van der Waals surface area contributed by atoms with E-state index in [2.05, 4.69) is 0 Å². The van der Waals surface area contributed by atoms with Crippen molar-refractivity contribution in [1.29, 1.82) is 0 Å². The Kier molecular flexibility index (Phi) is 2.88. The van der Waals surface area contributed by atoms with Gasteiger partial charge in [0.15, 0.2) is 0 Å². The van der Waals surface area contributed by atoms with Crippen LogP contribution in [0.15, 0.2) is 12.1 Å². The Hall–Kier alpha value is -0.270. The second-order valence-corrected chi connectivity index (χ2v) is 4.81. The Morgan fingerprint density at radius 2 is 1.54 bits per heavy atom. The first-order valence-electron chi connectivity index (χ1n) is 3.97. The molecule has 0 nitrogen and oxygen atoms in total. The molecule has 1 aromatic carbocycles. The molecule has 0 fully saturated rings. The van der Waals surface area contributed by atoms with Crippen molar-refractivity contribution in [3.05, 3.63) is 33.6 Å². The van der Waals surface area contributed by atoms with E-state index in [1.165, 1.54) is 6.07 Å². The summed E-state index contributed by atoms with van der Waals surface area (Å²) in [6, 6.07) is 2.84. The zero-order valence-corrected chi connectivity index (χ0v) is 9.30. The fourth-order valence-corrected chi connectivity index (χ4v) is 1.41. The molecule has 0 N–H and O–H groups in total. The predicted molar refractivity (Wildman–Crippen MR) is 55.1 cm³/mol. The van der Waals surface area contributed by atoms with Crippen LogP contribution in [0.2, 0.25) is 10.0 Å². The molecule has 1 aromatic rings. The molecular formula is C10H11Cl2F. The molecule has 0 aliphatic carbocycles. The molecule has 0 saturated heterocycles. The summed E-state index contributed by atoms with van der Waals surface area (Å²) in [5.74, 6) is -0.304. The van der Waals surface area contributed by atoms with E-state index < -0.39 is 0 Å². The van der Waals surface area contributed by atoms with Crippen LogP contribution in [0.5, 0.6) is 0 Å². The SMILES string of the molecule is CC(C)(C)c1cc(Cl)c(Cl)cc1F. The highest BCUT2D eigenvalue weighted by atomic mass is 35.5. The highest BCUT2D eigenvalue weighted by Gasteiger charge is 2.19. The molecule has 0 saturated carbocycles. The van der Waals surface area contributed by atoms with Gasteiger partial charge in [-0.05, 0) is 23.1 Å². The summed E-state index contributed by atoms with van der Waals surface area (Å²) in [7, 11) is 0. The summed E-state index contributed by atoms with van der Waals surface area (Å²) in [5, 5.41) is 0.653. The Bertz CT molecular complexity index is 326. The van der Waals surface area contributed by atoms with E-state index >= 15 is 0 Å². The third-order valence-corrected chi connectivity index (χ3v) is 2.54. The second kappa shape index (κ2) is 3.47. The van der Waals surface area contributed by atoms with Gasteiger partial charge in [-0.1, -0.05) is 44.0 Å². The summed E-state index contributed by atoms with van der Waals surface area (Å²) in [6.45, 7) is 5.78. The molecule has 0 heterocycles. The highest BCUT2D eigenvalue weighted by Crippen LogP contribution is 2.31. The van der Waals surface area contributed by atoms with Gasteiger partial charge in [0.1, 0.15) is 5.82 Å². The Balaban J connectivity index is 3.32. The first kappa shape index (κ1) is 10.8. The number of hydrogen-bond acceptors (Lipinski definition) is 0. The van der Waals surface area contributed by atoms with E-state index in [1.807, 2.05) is 20.8 Å². The standard InChI is InChI=1S/C10H11Cl2F/c1-10(2,3)6-4-7(11)8(12)5-9(6)13/h4-5H,1-3H3. The molecule has 0 aromatic heterocycles. The quantitative estimate of drug-likeness (QED) is 0.568. The molecule has 72 valence electrons. The highest BCUT2D eigenvalue weighted by molar-refractivity contribution is 6.42. The topological polar surface area (TPSA) is 0 Å². The van der Waals surface area contributed by atoms with Crippen LogP contribution in [-0.2, 0) is 5.41 Å². The molecule has 3 heteroatoms. The third-order valence-electron chi connectivity index (χ3n) is 1.82. The fraction of sp³-hybridized carbons (Fsp3) is 0.400. The van der Waals surface area contributed by atoms with Gasteiger partial charge in [0.25, 0.3) is 0 Å². The van der Waals surface area contributed by atoms with Crippen LogP contribution in [0.3, 0.4) is 0 Å². The van der Waals surface area contributed by atoms with E-state index in [9.17, 15) is 4.39 Å². The fourth-order valence-electron chi connectivity index (χ4n) is 1.10. The van der Waals surface area contributed by atoms with Gasteiger partial charge in [-0.25, -0.2) is 4.39 Å². The predicted octanol–water partition coefficient (Wildman–Crippen LogP) is 4.43. The minimum atomic E-state index is -0.304. The van der Waals surface area contributed by atoms with Crippen molar-refractivity contribution in [1.82, 2.24) is 0 Å². The lowest BCUT2D eigenvalue weighted by molar-refractivity contribution is 0.523. The van der Waals surface area contributed by atoms with Crippen molar-refractivity contribution in [2.24, 2.45) is 0 Å². The van der Waals surface area contributed by atoms with Gasteiger partial charge in [0, 0.05) is 0 Å². The Labute approximate surface area is 87.7 Å². The molecule has 0 unspecified atom stereocenters. The molecular weight excluding hydrogens is 210 g/mol. The van der Waals surface area contributed by atoms with Gasteiger partial charge < -0.3 is 0 Å². The van der Waals surface area contributed by atoms with E-state index in [-0.39, 0.29) is 16.3 Å². The van der Waals surface area contributed by atoms with Crippen LogP contribution in [-0.4, -0.2) is 0 Å². The van der Waals surface area contributed by atoms with E-state index in [1.54, 1.807) is 6.07 Å². The van der Waals surface area contributed by atoms with Gasteiger partial charge in [0.05, 0.1) is 10.0 Å². The summed E-state index contributed by atoms with van der Waals surface area (Å²) >= 11 is 11.5. The molecule has 0 spiro atoms. The van der Waals surface area contributed by atoms with Crippen LogP contribution in [0, 0.1) is 5.82 Å². The summed E-state index contributed by atoms with van der Waals surface area (Å²) in [6.07, 6.45) is 0. The van der Waals surface area contributed by atoms with Crippen molar-refractivity contribution < 1.29 is 4.39 Å². The maximum atomic E-state index is 13.4. The van der Waals surface area contributed by atoms with E-state index in [0.29, 0.717) is 10.6 Å². The average molecular weight is 221 g/mol. The third kappa shape index (κ3) is 2.35. The van der Waals surface area contributed by atoms with Crippen LogP contribution < -0.4 is 0 Å². The largest absolute Gasteiger partial charge is 0.207 e. The van der Waals surface area contributed by atoms with E-state index in [4.69, 9.17) is 23.2 Å². The molecule has 0 aliphatic heterocycles. The molecule has 0 radical (unpaired) electrons. The van der Waals surface area contributed by atoms with Crippen LogP contribution in [0.4, 0.5) is 4.39 Å². The van der Waals surface area contributed by atoms with Crippen molar-refractivity contribution in [3.63, 3.8) is 0 Å². The van der Waals surface area contributed by atoms with Crippen LogP contribution in [0.1, 0.15) is 26.3 Å². The van der Waals surface area contributed by atoms with Gasteiger partial charge >= 0.3 is 0 Å². The lowest BCUT2D eigenvalue weighted by Crippen LogP contribution is -2.13. The number of rotatable bonds is 0. The smallest absolute Gasteiger partial charge is 0.128 e. The average Bonchev–Trinajstić information content (AvgIpc) is 1.94. The summed E-state index contributed by atoms with van der Waals surface area (Å²) < 4.78 is 13.4. The maximum absolute atomic E-state index is 13.4. The molecule has 0 bridgehead atoms. The molecule has 0 aliphatic rings. The van der Waals surface area contributed by atoms with Gasteiger partial charge in [-0.3, -0.25) is 0 Å². The van der Waals surface area contributed by atoms with Gasteiger partial charge in [0.2, 0.25) is 0 Å². The first-order valence-corrected chi connectivity index (χ1v) is 4.73. The zero-order chi connectivity index (χ0) is 10.2. The monoisotopic (exact) mass is 220 g/mol. The summed E-state index contributed by atoms with van der Waals surface area (Å²) in [5.41, 5.74) is 0.333. The minimum Gasteiger partial charge on any atom is -0.207 e. The molecule has 13 heavy (non-hydrogen) atoms. The lowest BCUT2D eigenvalue weighted by Gasteiger charge is -2.20. The normalized spacial score (nSPS) is 11.8. The zero-order valence-electron chi connectivity index (χ0n) is 7.79. The molecule has 0 amide bonds. The number of hydrogen-bond donors (Lipinski definition) is 0. The Morgan fingerprint density at radius 3 is 2.00 bits per heavy atom. The lowest BCUT2D eigenvalue weighted by atomic mass is 9.87. The van der Waals surface area contributed by atoms with Crippen molar-refractivity contribution in [3.8, 4) is 0 Å². The second-order valence-electron chi connectivity index (χ2n) is 4.00. The van der Waals surface area contributed by atoms with Gasteiger partial charge in [-0.2, -0.15) is 0 Å². The Morgan fingerprint density at radius 1 is 1.08 bits per heavy atom. The minimum absolute atomic E-state index is 0.252. The number of halogens is 3. The van der Waals surface area contributed by atoms with Gasteiger partial charge in [-0.15, -0.1) is 0 Å². The van der Waals surface area contributed by atoms with Crippen molar-refractivity contribution in [2.75, 3.05) is 0 Å². The van der Waals surface area contributed by atoms with Crippen LogP contribution >= 0.6 is 23.2 Å². The molecule has 1 rings (SSSR count). The molecule has 0 atom stereocenters.